The normalized spacial score (nSPS) is 10.1. The predicted molar refractivity (Wildman–Crippen MR) is 54.5 cm³/mol. The van der Waals surface area contributed by atoms with Crippen LogP contribution in [0.25, 0.3) is 0 Å². The second kappa shape index (κ2) is 3.96. The van der Waals surface area contributed by atoms with Crippen LogP contribution in [0.5, 0.6) is 0 Å². The molecule has 0 saturated heterocycles. The van der Waals surface area contributed by atoms with Crippen molar-refractivity contribution in [3.8, 4) is 0 Å². The van der Waals surface area contributed by atoms with Crippen LogP contribution >= 0.6 is 0 Å². The van der Waals surface area contributed by atoms with Gasteiger partial charge in [0.2, 0.25) is 0 Å². The van der Waals surface area contributed by atoms with Crippen molar-refractivity contribution >= 4 is 0 Å². The van der Waals surface area contributed by atoms with Crippen LogP contribution in [-0.4, -0.2) is 14.9 Å². The maximum atomic E-state index is 9.29. The summed E-state index contributed by atoms with van der Waals surface area (Å²) in [4.78, 5) is 4.17. The van der Waals surface area contributed by atoms with E-state index in [9.17, 15) is 5.21 Å². The molecule has 2 aromatic rings. The summed E-state index contributed by atoms with van der Waals surface area (Å²) in [6.07, 6.45) is 3.71. The lowest BCUT2D eigenvalue weighted by Crippen LogP contribution is -2.21. The molecule has 0 amide bonds. The van der Waals surface area contributed by atoms with Crippen molar-refractivity contribution in [2.45, 2.75) is 6.42 Å². The molecule has 0 unspecified atom stereocenters. The maximum Gasteiger partial charge on any atom is 0.164 e. The zero-order valence-electron chi connectivity index (χ0n) is 8.09. The lowest BCUT2D eigenvalue weighted by Gasteiger charge is -2.03. The Kier molecular flexibility index (Phi) is 2.49. The predicted octanol–water partition coefficient (Wildman–Crippen LogP) is 1.19. The summed E-state index contributed by atoms with van der Waals surface area (Å²) in [6, 6.07) is 9.17. The van der Waals surface area contributed by atoms with Gasteiger partial charge in [-0.3, -0.25) is 10.4 Å². The summed E-state index contributed by atoms with van der Waals surface area (Å²) in [7, 11) is 0. The van der Waals surface area contributed by atoms with E-state index in [4.69, 9.17) is 5.41 Å². The molecule has 0 atom stereocenters. The van der Waals surface area contributed by atoms with E-state index in [2.05, 4.69) is 4.98 Å². The fourth-order valence-corrected chi connectivity index (χ4v) is 1.38. The van der Waals surface area contributed by atoms with Crippen molar-refractivity contribution < 1.29 is 5.21 Å². The van der Waals surface area contributed by atoms with Gasteiger partial charge in [-0.25, -0.2) is 0 Å². The summed E-state index contributed by atoms with van der Waals surface area (Å²) in [5, 5.41) is 16.9. The van der Waals surface area contributed by atoms with Gasteiger partial charge in [0.25, 0.3) is 0 Å². The first-order valence-corrected chi connectivity index (χ1v) is 4.61. The van der Waals surface area contributed by atoms with E-state index in [-0.39, 0.29) is 5.49 Å². The third-order valence-electron chi connectivity index (χ3n) is 2.16. The minimum absolute atomic E-state index is 0.100. The van der Waals surface area contributed by atoms with E-state index >= 15 is 0 Å². The molecule has 0 fully saturated rings. The molecule has 4 heteroatoms. The standard InChI is InChI=1S/C11H11N3O/c12-11-9(4-3-7-14(11)15)8-10-5-1-2-6-13-10/h1-7,12,15H,8H2. The van der Waals surface area contributed by atoms with Crippen LogP contribution in [0.3, 0.4) is 0 Å². The van der Waals surface area contributed by atoms with E-state index < -0.39 is 0 Å². The maximum absolute atomic E-state index is 9.29. The number of nitrogens with zero attached hydrogens (tertiary/aromatic N) is 2. The molecular weight excluding hydrogens is 190 g/mol. The van der Waals surface area contributed by atoms with Crippen LogP contribution in [0.4, 0.5) is 0 Å². The lowest BCUT2D eigenvalue weighted by molar-refractivity contribution is 0.169. The van der Waals surface area contributed by atoms with Gasteiger partial charge in [0.15, 0.2) is 5.49 Å². The Morgan fingerprint density at radius 2 is 2.13 bits per heavy atom. The van der Waals surface area contributed by atoms with Crippen molar-refractivity contribution in [1.29, 1.82) is 5.41 Å². The first-order valence-electron chi connectivity index (χ1n) is 4.61. The van der Waals surface area contributed by atoms with E-state index in [1.807, 2.05) is 24.3 Å². The van der Waals surface area contributed by atoms with Gasteiger partial charge in [0.05, 0.1) is 0 Å². The number of nitrogens with one attached hydrogen (secondary N) is 1. The molecule has 2 N–H and O–H groups in total. The molecule has 2 heterocycles. The second-order valence-corrected chi connectivity index (χ2v) is 3.22. The molecule has 15 heavy (non-hydrogen) atoms. The lowest BCUT2D eigenvalue weighted by atomic mass is 10.1. The fraction of sp³-hybridized carbons (Fsp3) is 0.0909. The van der Waals surface area contributed by atoms with Gasteiger partial charge < -0.3 is 5.21 Å². The molecule has 0 aliphatic carbocycles. The summed E-state index contributed by atoms with van der Waals surface area (Å²) >= 11 is 0. The Morgan fingerprint density at radius 1 is 1.27 bits per heavy atom. The Labute approximate surface area is 86.9 Å². The van der Waals surface area contributed by atoms with Crippen LogP contribution in [0.15, 0.2) is 42.7 Å². The number of hydrogen-bond acceptors (Lipinski definition) is 3. The van der Waals surface area contributed by atoms with Crippen molar-refractivity contribution in [3.63, 3.8) is 0 Å². The Bertz CT molecular complexity index is 505. The van der Waals surface area contributed by atoms with E-state index in [0.717, 1.165) is 16.0 Å². The zero-order valence-corrected chi connectivity index (χ0v) is 8.09. The molecule has 0 bridgehead atoms. The van der Waals surface area contributed by atoms with Crippen LogP contribution < -0.4 is 5.49 Å². The molecular formula is C11H11N3O. The number of aromatic nitrogens is 2. The molecule has 4 nitrogen and oxygen atoms in total. The molecule has 2 rings (SSSR count). The molecule has 0 radical (unpaired) electrons. The third-order valence-corrected chi connectivity index (χ3v) is 2.16. The summed E-state index contributed by atoms with van der Waals surface area (Å²) in [5.74, 6) is 0. The molecule has 76 valence electrons. The summed E-state index contributed by atoms with van der Waals surface area (Å²) < 4.78 is 0.804. The van der Waals surface area contributed by atoms with E-state index in [1.165, 1.54) is 6.20 Å². The Morgan fingerprint density at radius 3 is 2.87 bits per heavy atom. The van der Waals surface area contributed by atoms with Crippen LogP contribution in [-0.2, 0) is 6.42 Å². The Balaban J connectivity index is 2.33. The zero-order chi connectivity index (χ0) is 10.7. The Hall–Kier alpha value is -2.10. The second-order valence-electron chi connectivity index (χ2n) is 3.22. The van der Waals surface area contributed by atoms with Crippen LogP contribution in [0.1, 0.15) is 11.3 Å². The summed E-state index contributed by atoms with van der Waals surface area (Å²) in [5.41, 5.74) is 1.74. The highest BCUT2D eigenvalue weighted by Crippen LogP contribution is 2.01. The van der Waals surface area contributed by atoms with Crippen molar-refractivity contribution in [2.75, 3.05) is 0 Å². The topological polar surface area (TPSA) is 61.9 Å². The fourth-order valence-electron chi connectivity index (χ4n) is 1.38. The van der Waals surface area contributed by atoms with Crippen molar-refractivity contribution in [3.05, 3.63) is 59.5 Å². The molecule has 0 spiro atoms. The van der Waals surface area contributed by atoms with Gasteiger partial charge in [0, 0.05) is 30.1 Å². The molecule has 0 aromatic carbocycles. The first-order chi connectivity index (χ1) is 7.27. The molecule has 2 aromatic heterocycles. The molecule has 0 aliphatic heterocycles. The van der Waals surface area contributed by atoms with Gasteiger partial charge in [-0.1, -0.05) is 12.1 Å². The largest absolute Gasteiger partial charge is 0.427 e. The van der Waals surface area contributed by atoms with Gasteiger partial charge in [-0.2, -0.15) is 4.73 Å². The number of pyridine rings is 2. The molecule has 0 saturated carbocycles. The SMILES string of the molecule is N=c1c(Cc2ccccn2)cccn1O. The van der Waals surface area contributed by atoms with Gasteiger partial charge in [-0.15, -0.1) is 0 Å². The van der Waals surface area contributed by atoms with E-state index in [1.54, 1.807) is 12.3 Å². The van der Waals surface area contributed by atoms with Crippen LogP contribution in [0, 0.1) is 5.41 Å². The highest BCUT2D eigenvalue weighted by Gasteiger charge is 2.00. The number of rotatable bonds is 2. The van der Waals surface area contributed by atoms with Gasteiger partial charge in [-0.05, 0) is 18.2 Å². The summed E-state index contributed by atoms with van der Waals surface area (Å²) in [6.45, 7) is 0. The average molecular weight is 201 g/mol. The van der Waals surface area contributed by atoms with Crippen molar-refractivity contribution in [1.82, 2.24) is 9.71 Å². The van der Waals surface area contributed by atoms with E-state index in [0.29, 0.717) is 6.42 Å². The quantitative estimate of drug-likeness (QED) is 0.717. The first kappa shape index (κ1) is 9.45. The van der Waals surface area contributed by atoms with Gasteiger partial charge >= 0.3 is 0 Å². The minimum Gasteiger partial charge on any atom is -0.427 e. The molecule has 0 aliphatic rings. The van der Waals surface area contributed by atoms with Gasteiger partial charge in [0.1, 0.15) is 0 Å². The smallest absolute Gasteiger partial charge is 0.164 e. The number of hydrogen-bond donors (Lipinski definition) is 2. The highest BCUT2D eigenvalue weighted by atomic mass is 16.5. The monoisotopic (exact) mass is 201 g/mol. The van der Waals surface area contributed by atoms with Crippen molar-refractivity contribution in [2.24, 2.45) is 0 Å². The minimum atomic E-state index is 0.100. The third kappa shape index (κ3) is 2.04. The van der Waals surface area contributed by atoms with Crippen LogP contribution in [0.2, 0.25) is 0 Å². The average Bonchev–Trinajstić information content (AvgIpc) is 2.26. The highest BCUT2D eigenvalue weighted by molar-refractivity contribution is 5.17.